The van der Waals surface area contributed by atoms with Crippen molar-refractivity contribution < 1.29 is 19.1 Å². The molecule has 0 radical (unpaired) electrons. The number of hydrogen-bond acceptors (Lipinski definition) is 5. The predicted molar refractivity (Wildman–Crippen MR) is 180 cm³/mol. The highest BCUT2D eigenvalue weighted by Gasteiger charge is 2.37. The van der Waals surface area contributed by atoms with Crippen LogP contribution in [0.1, 0.15) is 100 Å². The van der Waals surface area contributed by atoms with Gasteiger partial charge in [-0.05, 0) is 95.6 Å². The number of nitrogens with zero attached hydrogens (tertiary/aromatic N) is 1. The lowest BCUT2D eigenvalue weighted by atomic mass is 9.95. The predicted octanol–water partition coefficient (Wildman–Crippen LogP) is 8.05. The van der Waals surface area contributed by atoms with Crippen molar-refractivity contribution in [1.82, 2.24) is 10.2 Å². The van der Waals surface area contributed by atoms with Crippen LogP contribution in [0.4, 0.5) is 10.5 Å². The summed E-state index contributed by atoms with van der Waals surface area (Å²) < 4.78 is 5.53. The Balaban J connectivity index is 2.61. The quantitative estimate of drug-likeness (QED) is 0.199. The van der Waals surface area contributed by atoms with Gasteiger partial charge in [-0.2, -0.15) is 11.8 Å². The number of anilines is 1. The molecule has 2 N–H and O–H groups in total. The highest BCUT2D eigenvalue weighted by Crippen LogP contribution is 2.30. The molecule has 0 bridgehead atoms. The van der Waals surface area contributed by atoms with Crippen LogP contribution in [0.5, 0.6) is 0 Å². The molecule has 0 saturated heterocycles. The molecule has 2 unspecified atom stereocenters. The molecule has 238 valence electrons. The molecule has 0 heterocycles. The maximum Gasteiger partial charge on any atom is 0.408 e. The molecule has 0 aromatic heterocycles. The van der Waals surface area contributed by atoms with Gasteiger partial charge >= 0.3 is 6.09 Å². The first-order valence-corrected chi connectivity index (χ1v) is 16.9. The van der Waals surface area contributed by atoms with E-state index in [-0.39, 0.29) is 11.8 Å². The van der Waals surface area contributed by atoms with Crippen LogP contribution in [0.3, 0.4) is 0 Å². The molecule has 2 rings (SSSR count). The second-order valence-corrected chi connectivity index (χ2v) is 13.4. The second kappa shape index (κ2) is 17.3. The number of alkyl carbamates (subject to hydrolysis) is 1. The van der Waals surface area contributed by atoms with Crippen molar-refractivity contribution in [2.75, 3.05) is 23.9 Å². The fourth-order valence-corrected chi connectivity index (χ4v) is 5.65. The van der Waals surface area contributed by atoms with Gasteiger partial charge in [0, 0.05) is 12.2 Å². The van der Waals surface area contributed by atoms with Crippen LogP contribution in [0.25, 0.3) is 0 Å². The molecule has 8 heteroatoms. The summed E-state index contributed by atoms with van der Waals surface area (Å²) in [6.45, 7) is 15.9. The SMILES string of the molecule is CCCCCCCN(C(=O)C(CCSC)NC(=O)OC(C)(C)C)C(C(=O)Nc1c(C)cccc1C)c1ccc(C)cc1C. The third-order valence-electron chi connectivity index (χ3n) is 7.39. The average molecular weight is 612 g/mol. The van der Waals surface area contributed by atoms with Crippen LogP contribution >= 0.6 is 11.8 Å². The van der Waals surface area contributed by atoms with E-state index in [1.165, 1.54) is 0 Å². The fraction of sp³-hybridized carbons (Fsp3) is 0.571. The molecule has 2 atom stereocenters. The van der Waals surface area contributed by atoms with Crippen LogP contribution in [0.2, 0.25) is 0 Å². The Kier molecular flexibility index (Phi) is 14.6. The van der Waals surface area contributed by atoms with E-state index in [0.29, 0.717) is 18.7 Å². The molecule has 0 aliphatic carbocycles. The summed E-state index contributed by atoms with van der Waals surface area (Å²) in [7, 11) is 0. The molecule has 0 saturated carbocycles. The minimum Gasteiger partial charge on any atom is -0.444 e. The zero-order valence-electron chi connectivity index (χ0n) is 27.8. The topological polar surface area (TPSA) is 87.7 Å². The number of hydrogen-bond donors (Lipinski definition) is 2. The highest BCUT2D eigenvalue weighted by molar-refractivity contribution is 7.98. The maximum absolute atomic E-state index is 14.5. The maximum atomic E-state index is 14.5. The molecule has 0 aliphatic rings. The summed E-state index contributed by atoms with van der Waals surface area (Å²) in [5.74, 6) is 0.114. The lowest BCUT2D eigenvalue weighted by molar-refractivity contribution is -0.141. The van der Waals surface area contributed by atoms with Crippen molar-refractivity contribution in [1.29, 1.82) is 0 Å². The summed E-state index contributed by atoms with van der Waals surface area (Å²) in [6, 6.07) is 10.2. The highest BCUT2D eigenvalue weighted by atomic mass is 32.2. The number of ether oxygens (including phenoxy) is 1. The van der Waals surface area contributed by atoms with E-state index in [9.17, 15) is 14.4 Å². The number of para-hydroxylation sites is 1. The summed E-state index contributed by atoms with van der Waals surface area (Å²) in [4.78, 5) is 43.5. The number of unbranched alkanes of at least 4 members (excludes halogenated alkanes) is 4. The van der Waals surface area contributed by atoms with Crippen molar-refractivity contribution >= 4 is 35.4 Å². The number of benzene rings is 2. The van der Waals surface area contributed by atoms with Crippen LogP contribution < -0.4 is 10.6 Å². The molecule has 0 fully saturated rings. The Labute approximate surface area is 263 Å². The average Bonchev–Trinajstić information content (AvgIpc) is 2.91. The van der Waals surface area contributed by atoms with Gasteiger partial charge in [0.2, 0.25) is 5.91 Å². The van der Waals surface area contributed by atoms with Gasteiger partial charge in [0.15, 0.2) is 0 Å². The number of carbonyl (C=O) groups is 3. The van der Waals surface area contributed by atoms with Crippen molar-refractivity contribution in [3.05, 3.63) is 64.2 Å². The van der Waals surface area contributed by atoms with E-state index in [2.05, 4.69) is 17.6 Å². The van der Waals surface area contributed by atoms with Crippen LogP contribution in [0, 0.1) is 27.7 Å². The smallest absolute Gasteiger partial charge is 0.408 e. The van der Waals surface area contributed by atoms with Crippen LogP contribution in [-0.2, 0) is 14.3 Å². The van der Waals surface area contributed by atoms with Crippen molar-refractivity contribution in [2.24, 2.45) is 0 Å². The molecular weight excluding hydrogens is 558 g/mol. The number of nitrogens with one attached hydrogen (secondary N) is 2. The molecule has 2 aromatic carbocycles. The van der Waals surface area contributed by atoms with Crippen molar-refractivity contribution in [3.63, 3.8) is 0 Å². The van der Waals surface area contributed by atoms with Gasteiger partial charge < -0.3 is 20.3 Å². The Bertz CT molecular complexity index is 1200. The zero-order valence-corrected chi connectivity index (χ0v) is 28.6. The number of amides is 3. The standard InChI is InChI=1S/C35H53N3O4S/c1-10-11-12-13-14-21-38(33(40)29(20-22-43-9)36-34(41)42-35(6,7)8)31(28-19-18-24(2)23-27(28)5)32(39)37-30-25(3)16-15-17-26(30)4/h15-19,23,29,31H,10-14,20-22H2,1-9H3,(H,36,41)(H,37,39). The van der Waals surface area contributed by atoms with E-state index in [0.717, 1.165) is 65.6 Å². The number of rotatable bonds is 15. The number of carbonyl (C=O) groups excluding carboxylic acids is 3. The van der Waals surface area contributed by atoms with Gasteiger partial charge in [0.25, 0.3) is 5.91 Å². The summed E-state index contributed by atoms with van der Waals surface area (Å²) in [5, 5.41) is 6.01. The Morgan fingerprint density at radius 3 is 2.16 bits per heavy atom. The van der Waals surface area contributed by atoms with E-state index in [1.54, 1.807) is 37.4 Å². The monoisotopic (exact) mass is 611 g/mol. The van der Waals surface area contributed by atoms with Crippen molar-refractivity contribution in [2.45, 2.75) is 112 Å². The lowest BCUT2D eigenvalue weighted by Crippen LogP contribution is -2.53. The second-order valence-electron chi connectivity index (χ2n) is 12.4. The normalized spacial score (nSPS) is 12.8. The third-order valence-corrected chi connectivity index (χ3v) is 8.04. The van der Waals surface area contributed by atoms with Crippen LogP contribution in [0.15, 0.2) is 36.4 Å². The van der Waals surface area contributed by atoms with Gasteiger partial charge in [-0.25, -0.2) is 4.79 Å². The van der Waals surface area contributed by atoms with E-state index >= 15 is 0 Å². The van der Waals surface area contributed by atoms with E-state index in [1.807, 2.05) is 70.3 Å². The van der Waals surface area contributed by atoms with Gasteiger partial charge in [0.05, 0.1) is 0 Å². The Hall–Kier alpha value is -3.00. The number of thioether (sulfide) groups is 1. The molecular formula is C35H53N3O4S. The molecule has 3 amide bonds. The van der Waals surface area contributed by atoms with Gasteiger partial charge in [-0.3, -0.25) is 9.59 Å². The summed E-state index contributed by atoms with van der Waals surface area (Å²) in [6.07, 6.45) is 6.75. The largest absolute Gasteiger partial charge is 0.444 e. The minimum atomic E-state index is -0.879. The Morgan fingerprint density at radius 2 is 1.58 bits per heavy atom. The number of aryl methyl sites for hydroxylation is 4. The van der Waals surface area contributed by atoms with Gasteiger partial charge in [0.1, 0.15) is 17.7 Å². The Morgan fingerprint density at radius 1 is 0.930 bits per heavy atom. The van der Waals surface area contributed by atoms with Gasteiger partial charge in [-0.1, -0.05) is 74.6 Å². The summed E-state index contributed by atoms with van der Waals surface area (Å²) >= 11 is 1.60. The molecule has 0 aliphatic heterocycles. The van der Waals surface area contributed by atoms with E-state index in [4.69, 9.17) is 4.74 Å². The first kappa shape index (κ1) is 36.2. The summed E-state index contributed by atoms with van der Waals surface area (Å²) in [5.41, 5.74) is 4.75. The first-order valence-electron chi connectivity index (χ1n) is 15.5. The van der Waals surface area contributed by atoms with E-state index < -0.39 is 23.8 Å². The molecule has 2 aromatic rings. The third kappa shape index (κ3) is 11.5. The van der Waals surface area contributed by atoms with Crippen LogP contribution in [-0.4, -0.2) is 53.0 Å². The lowest BCUT2D eigenvalue weighted by Gasteiger charge is -2.35. The fourth-order valence-electron chi connectivity index (χ4n) is 5.18. The molecule has 0 spiro atoms. The minimum absolute atomic E-state index is 0.271. The molecule has 7 nitrogen and oxygen atoms in total. The first-order chi connectivity index (χ1) is 20.3. The zero-order chi connectivity index (χ0) is 32.2. The van der Waals surface area contributed by atoms with Gasteiger partial charge in [-0.15, -0.1) is 0 Å². The van der Waals surface area contributed by atoms with Crippen molar-refractivity contribution in [3.8, 4) is 0 Å². The molecule has 43 heavy (non-hydrogen) atoms.